The van der Waals surface area contributed by atoms with Crippen LogP contribution in [0.2, 0.25) is 0 Å². The first-order chi connectivity index (χ1) is 23.4. The van der Waals surface area contributed by atoms with Crippen LogP contribution in [0.15, 0.2) is 61.2 Å². The first kappa shape index (κ1) is 39.0. The van der Waals surface area contributed by atoms with Gasteiger partial charge in [-0.25, -0.2) is 19.0 Å². The highest BCUT2D eigenvalue weighted by atomic mass is 19.1. The molecule has 2 amide bonds. The topological polar surface area (TPSA) is 107 Å². The molecule has 0 saturated carbocycles. The fraction of sp³-hybridized carbons (Fsp3) is 0.487. The third-order valence-electron chi connectivity index (χ3n) is 8.19. The van der Waals surface area contributed by atoms with Crippen LogP contribution in [0.4, 0.5) is 9.18 Å². The Morgan fingerprint density at radius 3 is 2.53 bits per heavy atom. The minimum Gasteiger partial charge on any atom is -0.483 e. The molecular formula is C39H52FN3O6. The highest BCUT2D eigenvalue weighted by molar-refractivity contribution is 5.90. The van der Waals surface area contributed by atoms with Crippen LogP contribution in [0.5, 0.6) is 5.75 Å². The second kappa shape index (κ2) is 17.8. The maximum absolute atomic E-state index is 14.2. The van der Waals surface area contributed by atoms with E-state index in [2.05, 4.69) is 18.8 Å². The number of alkyl carbamates (subject to hydrolysis) is 1. The van der Waals surface area contributed by atoms with Crippen molar-refractivity contribution in [2.24, 2.45) is 0 Å². The molecule has 266 valence electrons. The number of nitrogens with one attached hydrogen (secondary N) is 1. The molecule has 1 saturated heterocycles. The van der Waals surface area contributed by atoms with E-state index in [1.165, 1.54) is 49.8 Å². The van der Waals surface area contributed by atoms with Gasteiger partial charge in [0.15, 0.2) is 0 Å². The summed E-state index contributed by atoms with van der Waals surface area (Å²) < 4.78 is 31.2. The summed E-state index contributed by atoms with van der Waals surface area (Å²) in [6, 6.07) is 13.0. The molecule has 0 bridgehead atoms. The van der Waals surface area contributed by atoms with Gasteiger partial charge in [-0.15, -0.1) is 6.58 Å². The average Bonchev–Trinajstić information content (AvgIpc) is 3.45. The quantitative estimate of drug-likeness (QED) is 0.146. The summed E-state index contributed by atoms with van der Waals surface area (Å²) >= 11 is 0. The van der Waals surface area contributed by atoms with Gasteiger partial charge in [0.1, 0.15) is 41.0 Å². The third-order valence-corrected chi connectivity index (χ3v) is 8.19. The molecular weight excluding hydrogens is 625 g/mol. The van der Waals surface area contributed by atoms with E-state index in [9.17, 15) is 18.8 Å². The van der Waals surface area contributed by atoms with E-state index in [4.69, 9.17) is 19.2 Å². The Hall–Kier alpha value is -4.47. The lowest BCUT2D eigenvalue weighted by molar-refractivity contribution is -0.150. The number of fused-ring (bicyclic) bond motifs is 3. The number of carbonyl (C=O) groups is 3. The molecule has 1 N–H and O–H groups in total. The van der Waals surface area contributed by atoms with Crippen LogP contribution in [0, 0.1) is 5.82 Å². The van der Waals surface area contributed by atoms with Crippen molar-refractivity contribution in [2.75, 3.05) is 20.2 Å². The second-order valence-corrected chi connectivity index (χ2v) is 13.0. The molecule has 49 heavy (non-hydrogen) atoms. The van der Waals surface area contributed by atoms with Gasteiger partial charge in [0.25, 0.3) is 0 Å². The molecule has 9 nitrogen and oxygen atoms in total. The molecule has 2 atom stereocenters. The lowest BCUT2D eigenvalue weighted by Crippen LogP contribution is -2.48. The molecule has 0 aliphatic carbocycles. The van der Waals surface area contributed by atoms with Crippen LogP contribution in [0.25, 0.3) is 22.2 Å². The molecule has 2 unspecified atom stereocenters. The number of hydrogen-bond donors (Lipinski definition) is 1. The van der Waals surface area contributed by atoms with E-state index in [1.54, 1.807) is 32.9 Å². The van der Waals surface area contributed by atoms with E-state index < -0.39 is 41.0 Å². The predicted octanol–water partition coefficient (Wildman–Crippen LogP) is 8.18. The number of ether oxygens (including phenoxy) is 3. The molecule has 1 fully saturated rings. The largest absolute Gasteiger partial charge is 0.483 e. The number of hydrogen-bond acceptors (Lipinski definition) is 7. The number of rotatable bonds is 8. The van der Waals surface area contributed by atoms with Gasteiger partial charge in [-0.05, 0) is 64.7 Å². The molecule has 10 heteroatoms. The Bertz CT molecular complexity index is 1600. The first-order valence-corrected chi connectivity index (χ1v) is 17.2. The smallest absolute Gasteiger partial charge is 0.408 e. The molecule has 0 radical (unpaired) electrons. The maximum Gasteiger partial charge on any atom is 0.408 e. The number of esters is 1. The molecule has 5 rings (SSSR count). The fourth-order valence-electron chi connectivity index (χ4n) is 5.99. The number of benzene rings is 2. The minimum atomic E-state index is -0.903. The highest BCUT2D eigenvalue weighted by Gasteiger charge is 2.52. The molecule has 3 heterocycles. The summed E-state index contributed by atoms with van der Waals surface area (Å²) in [6.45, 7) is 14.8. The number of allylic oxidation sites excluding steroid dienone is 1. The van der Waals surface area contributed by atoms with Gasteiger partial charge in [-0.1, -0.05) is 70.0 Å². The average molecular weight is 678 g/mol. The maximum atomic E-state index is 14.2. The zero-order valence-corrected chi connectivity index (χ0v) is 30.1. The number of aryl methyl sites for hydroxylation is 1. The summed E-state index contributed by atoms with van der Waals surface area (Å²) in [7, 11) is 1.27. The molecule has 1 aromatic heterocycles. The number of para-hydroxylation sites is 1. The van der Waals surface area contributed by atoms with Crippen molar-refractivity contribution in [2.45, 2.75) is 104 Å². The van der Waals surface area contributed by atoms with Gasteiger partial charge in [-0.2, -0.15) is 0 Å². The number of pyridine rings is 1. The monoisotopic (exact) mass is 677 g/mol. The highest BCUT2D eigenvalue weighted by Crippen LogP contribution is 2.47. The third kappa shape index (κ3) is 10.3. The summed E-state index contributed by atoms with van der Waals surface area (Å²) in [5, 5.41) is 3.40. The number of halogens is 1. The molecule has 1 spiro atoms. The Balaban J connectivity index is 0.000000644. The normalized spacial score (nSPS) is 17.8. The van der Waals surface area contributed by atoms with Crippen molar-refractivity contribution in [1.82, 2.24) is 15.2 Å². The van der Waals surface area contributed by atoms with Crippen LogP contribution < -0.4 is 10.1 Å². The van der Waals surface area contributed by atoms with E-state index in [0.717, 1.165) is 16.5 Å². The number of amides is 2. The molecule has 2 aliphatic rings. The van der Waals surface area contributed by atoms with Crippen LogP contribution in [0.3, 0.4) is 0 Å². The van der Waals surface area contributed by atoms with Gasteiger partial charge in [-0.3, -0.25) is 4.79 Å². The number of nitrogens with zero attached hydrogens (tertiary/aromatic N) is 2. The van der Waals surface area contributed by atoms with E-state index in [0.29, 0.717) is 29.8 Å². The van der Waals surface area contributed by atoms with Gasteiger partial charge < -0.3 is 24.4 Å². The summed E-state index contributed by atoms with van der Waals surface area (Å²) in [5.74, 6) is -0.915. The van der Waals surface area contributed by atoms with Crippen molar-refractivity contribution in [3.8, 4) is 17.0 Å². The SMILES string of the molecule is C=CCCCCC.CC.COC(=O)C1CC2(CCc3c(c(-c4cccc(F)c4)nc4ccccc34)O2)CN1C(=O)CNC(=O)OC(C)(C)C. The molecule has 2 aromatic carbocycles. The summed E-state index contributed by atoms with van der Waals surface area (Å²) in [4.78, 5) is 44.4. The number of unbranched alkanes of at least 4 members (excludes halogenated alkanes) is 3. The van der Waals surface area contributed by atoms with Gasteiger partial charge in [0.05, 0.1) is 19.2 Å². The van der Waals surface area contributed by atoms with Crippen LogP contribution in [-0.2, 0) is 25.5 Å². The van der Waals surface area contributed by atoms with Crippen molar-refractivity contribution in [3.05, 3.63) is 72.6 Å². The van der Waals surface area contributed by atoms with E-state index >= 15 is 0 Å². The van der Waals surface area contributed by atoms with Crippen molar-refractivity contribution in [3.63, 3.8) is 0 Å². The lowest BCUT2D eigenvalue weighted by atomic mass is 9.86. The Labute approximate surface area is 290 Å². The Morgan fingerprint density at radius 1 is 1.14 bits per heavy atom. The Kier molecular flexibility index (Phi) is 14.1. The minimum absolute atomic E-state index is 0.108. The van der Waals surface area contributed by atoms with E-state index in [-0.39, 0.29) is 19.5 Å². The zero-order valence-electron chi connectivity index (χ0n) is 30.1. The first-order valence-electron chi connectivity index (χ1n) is 17.2. The van der Waals surface area contributed by atoms with Crippen LogP contribution in [0.1, 0.15) is 85.6 Å². The standard InChI is InChI=1S/C30H32FN3O6.C7H14.C2H6/c1-29(2,3)40-28(37)32-16-24(35)34-17-30(15-23(34)27(36)38-4)13-12-21-20-10-5-6-11-22(20)33-25(26(21)39-30)18-8-7-9-19(31)14-18;1-3-5-7-6-4-2;1-2/h5-11,14,23H,12-13,15-17H2,1-4H3,(H,32,37);3H,1,4-7H2,2H3;1-2H3. The van der Waals surface area contributed by atoms with Crippen molar-refractivity contribution >= 4 is 28.9 Å². The van der Waals surface area contributed by atoms with Crippen LogP contribution >= 0.6 is 0 Å². The van der Waals surface area contributed by atoms with Gasteiger partial charge in [0.2, 0.25) is 5.91 Å². The zero-order chi connectivity index (χ0) is 36.2. The molecule has 2 aliphatic heterocycles. The number of methoxy groups -OCH3 is 1. The van der Waals surface area contributed by atoms with Gasteiger partial charge in [0, 0.05) is 22.9 Å². The van der Waals surface area contributed by atoms with Crippen molar-refractivity contribution < 1.29 is 33.0 Å². The molecule has 3 aromatic rings. The lowest BCUT2D eigenvalue weighted by Gasteiger charge is -2.36. The van der Waals surface area contributed by atoms with Crippen molar-refractivity contribution in [1.29, 1.82) is 0 Å². The van der Waals surface area contributed by atoms with E-state index in [1.807, 2.05) is 44.2 Å². The second-order valence-electron chi connectivity index (χ2n) is 13.0. The summed E-state index contributed by atoms with van der Waals surface area (Å²) in [6.07, 6.45) is 7.76. The summed E-state index contributed by atoms with van der Waals surface area (Å²) in [5.41, 5.74) is 1.15. The fourth-order valence-corrected chi connectivity index (χ4v) is 5.99. The number of aromatic nitrogens is 1. The van der Waals surface area contributed by atoms with Crippen LogP contribution in [-0.4, -0.2) is 65.3 Å². The number of likely N-dealkylation sites (tertiary alicyclic amines) is 1. The Morgan fingerprint density at radius 2 is 1.88 bits per heavy atom. The number of carbonyl (C=O) groups excluding carboxylic acids is 3. The predicted molar refractivity (Wildman–Crippen MR) is 191 cm³/mol. The van der Waals surface area contributed by atoms with Gasteiger partial charge >= 0.3 is 12.1 Å².